The molecule has 35 heavy (non-hydrogen) atoms. The van der Waals surface area contributed by atoms with Crippen LogP contribution in [0.4, 0.5) is 17.2 Å². The van der Waals surface area contributed by atoms with Crippen LogP contribution in [0.3, 0.4) is 0 Å². The lowest BCUT2D eigenvalue weighted by Gasteiger charge is -2.16. The predicted octanol–water partition coefficient (Wildman–Crippen LogP) is 2.43. The minimum Gasteiger partial charge on any atom is -0.494 e. The molecule has 0 radical (unpaired) electrons. The van der Waals surface area contributed by atoms with E-state index in [1.807, 2.05) is 6.07 Å². The monoisotopic (exact) mass is 495 g/mol. The van der Waals surface area contributed by atoms with Crippen LogP contribution in [0, 0.1) is 5.92 Å². The lowest BCUT2D eigenvalue weighted by molar-refractivity contribution is -0.127. The number of thiazole rings is 1. The molecule has 0 aliphatic heterocycles. The van der Waals surface area contributed by atoms with Gasteiger partial charge in [-0.25, -0.2) is 4.98 Å². The van der Waals surface area contributed by atoms with Crippen LogP contribution in [-0.4, -0.2) is 59.0 Å². The second kappa shape index (κ2) is 10.1. The maximum absolute atomic E-state index is 12.1. The molecule has 2 aromatic heterocycles. The summed E-state index contributed by atoms with van der Waals surface area (Å²) in [4.78, 5) is 43.0. The van der Waals surface area contributed by atoms with E-state index in [2.05, 4.69) is 25.8 Å². The van der Waals surface area contributed by atoms with E-state index in [1.54, 1.807) is 32.4 Å². The molecule has 4 rings (SSSR count). The first kappa shape index (κ1) is 24.1. The molecule has 12 heteroatoms. The number of ether oxygens (including phenoxy) is 1. The number of amides is 3. The number of carbonyl (C=O) groups excluding carboxylic acids is 3. The van der Waals surface area contributed by atoms with Gasteiger partial charge in [0.2, 0.25) is 11.8 Å². The van der Waals surface area contributed by atoms with Crippen molar-refractivity contribution in [1.82, 2.24) is 20.1 Å². The molecular weight excluding hydrogens is 470 g/mol. The summed E-state index contributed by atoms with van der Waals surface area (Å²) in [5, 5.41) is 14.3. The number of methoxy groups -OCH3 is 1. The number of anilines is 3. The Morgan fingerprint density at radius 1 is 1.20 bits per heavy atom. The Morgan fingerprint density at radius 3 is 2.63 bits per heavy atom. The van der Waals surface area contributed by atoms with E-state index in [4.69, 9.17) is 10.5 Å². The second-order valence-electron chi connectivity index (χ2n) is 8.23. The highest BCUT2D eigenvalue weighted by atomic mass is 32.1. The Bertz CT molecular complexity index is 1290. The van der Waals surface area contributed by atoms with E-state index < -0.39 is 5.91 Å². The summed E-state index contributed by atoms with van der Waals surface area (Å²) in [5.41, 5.74) is 6.91. The van der Waals surface area contributed by atoms with E-state index in [0.717, 1.165) is 17.7 Å². The molecule has 0 saturated heterocycles. The van der Waals surface area contributed by atoms with Gasteiger partial charge in [0, 0.05) is 37.2 Å². The number of hydrogen-bond acceptors (Lipinski definition) is 9. The fourth-order valence-electron chi connectivity index (χ4n) is 3.29. The molecule has 3 aromatic rings. The Morgan fingerprint density at radius 2 is 1.97 bits per heavy atom. The number of para-hydroxylation sites is 1. The standard InChI is InChI=1S/C23H25N7O4S/c1-30(2)18(31)9-13-11-25-23(35-13)14-5-4-6-15(20(14)34-3)26-16-10-17(27-22(33)12-7-8-12)28-29-19(16)21(24)32/h4-6,10-12H,7-9H2,1-3H3,(H2,24,32)(H2,26,27,28,33). The summed E-state index contributed by atoms with van der Waals surface area (Å²) in [6.45, 7) is 0. The highest BCUT2D eigenvalue weighted by molar-refractivity contribution is 7.15. The number of benzene rings is 1. The molecule has 1 aliphatic rings. The first-order valence-electron chi connectivity index (χ1n) is 10.8. The Kier molecular flexibility index (Phi) is 6.92. The van der Waals surface area contributed by atoms with Crippen molar-refractivity contribution in [1.29, 1.82) is 0 Å². The number of rotatable bonds is 9. The first-order chi connectivity index (χ1) is 16.8. The van der Waals surface area contributed by atoms with Crippen molar-refractivity contribution in [3.8, 4) is 16.3 Å². The normalized spacial score (nSPS) is 12.7. The first-order valence-corrected chi connectivity index (χ1v) is 11.7. The quantitative estimate of drug-likeness (QED) is 0.409. The van der Waals surface area contributed by atoms with Crippen molar-refractivity contribution < 1.29 is 19.1 Å². The third kappa shape index (κ3) is 5.54. The smallest absolute Gasteiger partial charge is 0.271 e. The van der Waals surface area contributed by atoms with Crippen molar-refractivity contribution >= 4 is 46.3 Å². The molecule has 182 valence electrons. The Labute approximate surface area is 205 Å². The lowest BCUT2D eigenvalue weighted by Crippen LogP contribution is -2.23. The molecule has 1 aliphatic carbocycles. The average molecular weight is 496 g/mol. The molecule has 1 saturated carbocycles. The van der Waals surface area contributed by atoms with Crippen molar-refractivity contribution in [2.24, 2.45) is 11.7 Å². The van der Waals surface area contributed by atoms with Gasteiger partial charge in [-0.2, -0.15) is 0 Å². The third-order valence-electron chi connectivity index (χ3n) is 5.32. The zero-order valence-electron chi connectivity index (χ0n) is 19.5. The molecule has 2 heterocycles. The van der Waals surface area contributed by atoms with E-state index >= 15 is 0 Å². The van der Waals surface area contributed by atoms with Crippen LogP contribution in [0.2, 0.25) is 0 Å². The molecular formula is C23H25N7O4S. The second-order valence-corrected chi connectivity index (χ2v) is 9.34. The molecule has 0 atom stereocenters. The van der Waals surface area contributed by atoms with Crippen LogP contribution in [0.1, 0.15) is 28.2 Å². The zero-order valence-corrected chi connectivity index (χ0v) is 20.3. The van der Waals surface area contributed by atoms with Gasteiger partial charge < -0.3 is 26.0 Å². The largest absolute Gasteiger partial charge is 0.494 e. The molecule has 4 N–H and O–H groups in total. The number of aromatic nitrogens is 3. The van der Waals surface area contributed by atoms with Gasteiger partial charge in [0.25, 0.3) is 5.91 Å². The van der Waals surface area contributed by atoms with Gasteiger partial charge in [-0.05, 0) is 25.0 Å². The summed E-state index contributed by atoms with van der Waals surface area (Å²) < 4.78 is 5.67. The minimum atomic E-state index is -0.773. The highest BCUT2D eigenvalue weighted by Gasteiger charge is 2.30. The summed E-state index contributed by atoms with van der Waals surface area (Å²) in [6.07, 6.45) is 3.61. The highest BCUT2D eigenvalue weighted by Crippen LogP contribution is 2.40. The van der Waals surface area contributed by atoms with Crippen LogP contribution >= 0.6 is 11.3 Å². The fourth-order valence-corrected chi connectivity index (χ4v) is 4.22. The molecule has 0 unspecified atom stereocenters. The van der Waals surface area contributed by atoms with Crippen molar-refractivity contribution in [2.45, 2.75) is 19.3 Å². The van der Waals surface area contributed by atoms with Crippen molar-refractivity contribution in [3.63, 3.8) is 0 Å². The van der Waals surface area contributed by atoms with E-state index in [0.29, 0.717) is 22.0 Å². The van der Waals surface area contributed by atoms with Crippen LogP contribution in [0.25, 0.3) is 10.6 Å². The maximum atomic E-state index is 12.1. The zero-order chi connectivity index (χ0) is 25.1. The van der Waals surface area contributed by atoms with Crippen LogP contribution in [0.15, 0.2) is 30.5 Å². The van der Waals surface area contributed by atoms with E-state index in [-0.39, 0.29) is 41.4 Å². The molecule has 3 amide bonds. The fraction of sp³-hybridized carbons (Fsp3) is 0.304. The van der Waals surface area contributed by atoms with Gasteiger partial charge in [-0.1, -0.05) is 6.07 Å². The summed E-state index contributed by atoms with van der Waals surface area (Å²) in [6, 6.07) is 6.93. The number of primary amides is 1. The molecule has 11 nitrogen and oxygen atoms in total. The number of likely N-dealkylation sites (N-methyl/N-ethyl adjacent to an activating group) is 1. The van der Waals surface area contributed by atoms with Gasteiger partial charge >= 0.3 is 0 Å². The van der Waals surface area contributed by atoms with Crippen LogP contribution in [0.5, 0.6) is 5.75 Å². The Balaban J connectivity index is 1.64. The number of hydrogen-bond donors (Lipinski definition) is 3. The molecule has 1 aromatic carbocycles. The minimum absolute atomic E-state index is 0.0167. The molecule has 0 spiro atoms. The summed E-state index contributed by atoms with van der Waals surface area (Å²) in [7, 11) is 4.94. The number of carbonyl (C=O) groups is 3. The average Bonchev–Trinajstić information content (AvgIpc) is 3.58. The predicted molar refractivity (Wildman–Crippen MR) is 132 cm³/mol. The van der Waals surface area contributed by atoms with Gasteiger partial charge in [0.1, 0.15) is 5.01 Å². The number of nitrogens with one attached hydrogen (secondary N) is 2. The van der Waals surface area contributed by atoms with Gasteiger partial charge in [0.05, 0.1) is 30.5 Å². The third-order valence-corrected chi connectivity index (χ3v) is 6.35. The summed E-state index contributed by atoms with van der Waals surface area (Å²) in [5.74, 6) is -0.259. The Hall–Kier alpha value is -4.06. The number of nitrogens with zero attached hydrogens (tertiary/aromatic N) is 4. The van der Waals surface area contributed by atoms with Gasteiger partial charge in [-0.3, -0.25) is 14.4 Å². The summed E-state index contributed by atoms with van der Waals surface area (Å²) >= 11 is 1.39. The van der Waals surface area contributed by atoms with Gasteiger partial charge in [-0.15, -0.1) is 21.5 Å². The molecule has 0 bridgehead atoms. The lowest BCUT2D eigenvalue weighted by atomic mass is 10.1. The van der Waals surface area contributed by atoms with Crippen LogP contribution in [-0.2, 0) is 16.0 Å². The number of nitrogens with two attached hydrogens (primary N) is 1. The van der Waals surface area contributed by atoms with Gasteiger partial charge in [0.15, 0.2) is 17.3 Å². The van der Waals surface area contributed by atoms with Crippen molar-refractivity contribution in [2.75, 3.05) is 31.8 Å². The maximum Gasteiger partial charge on any atom is 0.271 e. The van der Waals surface area contributed by atoms with Crippen LogP contribution < -0.4 is 21.1 Å². The topological polar surface area (TPSA) is 152 Å². The van der Waals surface area contributed by atoms with E-state index in [1.165, 1.54) is 29.4 Å². The van der Waals surface area contributed by atoms with Crippen molar-refractivity contribution in [3.05, 3.63) is 41.0 Å². The molecule has 1 fully saturated rings. The van der Waals surface area contributed by atoms with E-state index in [9.17, 15) is 14.4 Å². The SMILES string of the molecule is COc1c(Nc2cc(NC(=O)C3CC3)nnc2C(N)=O)cccc1-c1ncc(CC(=O)N(C)C)s1.